The van der Waals surface area contributed by atoms with Crippen LogP contribution < -0.4 is 4.90 Å². The molecule has 3 heteroatoms. The zero-order valence-corrected chi connectivity index (χ0v) is 31.8. The summed E-state index contributed by atoms with van der Waals surface area (Å²) in [7, 11) is 0. The highest BCUT2D eigenvalue weighted by Crippen LogP contribution is 2.50. The standard InChI is InChI=1S/C54H35NOS/c1-4-15-36(16-5-1)40-29-32-46-51(35-40)57-50-26-14-24-47(52(46)50)55(41-30-27-39(28-31-41)43-22-11-10-21-42(43)37-17-6-2-7-18-37)48-34-33-44(38-19-8-3-9-20-38)54-53(48)45-23-12-13-25-49(45)56-54/h1-35H. The van der Waals surface area contributed by atoms with Gasteiger partial charge in [0.05, 0.1) is 16.8 Å². The van der Waals surface area contributed by atoms with Gasteiger partial charge >= 0.3 is 0 Å². The molecule has 0 saturated carbocycles. The zero-order chi connectivity index (χ0) is 37.7. The van der Waals surface area contributed by atoms with Gasteiger partial charge in [0.1, 0.15) is 11.2 Å². The quantitative estimate of drug-likeness (QED) is 0.162. The summed E-state index contributed by atoms with van der Waals surface area (Å²) in [5.41, 5.74) is 14.5. The molecule has 0 fully saturated rings. The number of thiophene rings is 1. The number of fused-ring (bicyclic) bond motifs is 6. The summed E-state index contributed by atoms with van der Waals surface area (Å²) in [6.07, 6.45) is 0. The Hall–Kier alpha value is -7.20. The van der Waals surface area contributed by atoms with Gasteiger partial charge in [-0.2, -0.15) is 0 Å². The maximum Gasteiger partial charge on any atom is 0.145 e. The predicted octanol–water partition coefficient (Wildman–Crippen LogP) is 16.1. The Labute approximate surface area is 335 Å². The van der Waals surface area contributed by atoms with E-state index >= 15 is 0 Å². The average Bonchev–Trinajstić information content (AvgIpc) is 3.87. The molecule has 0 aliphatic rings. The summed E-state index contributed by atoms with van der Waals surface area (Å²) in [6.45, 7) is 0. The molecule has 0 spiro atoms. The first-order chi connectivity index (χ1) is 28.3. The highest BCUT2D eigenvalue weighted by atomic mass is 32.1. The second kappa shape index (κ2) is 13.8. The SMILES string of the molecule is c1ccc(-c2ccc3c(c2)sc2cccc(N(c4ccc(-c5ccccc5-c5ccccc5)cc4)c4ccc(-c5ccccc5)c5oc6ccccc6c45)c23)cc1. The van der Waals surface area contributed by atoms with Crippen molar-refractivity contribution in [1.29, 1.82) is 0 Å². The highest BCUT2D eigenvalue weighted by molar-refractivity contribution is 7.26. The van der Waals surface area contributed by atoms with E-state index in [1.165, 1.54) is 53.6 Å². The largest absolute Gasteiger partial charge is 0.455 e. The molecule has 268 valence electrons. The molecule has 57 heavy (non-hydrogen) atoms. The molecule has 2 heterocycles. The third-order valence-electron chi connectivity index (χ3n) is 11.1. The number of hydrogen-bond donors (Lipinski definition) is 0. The Morgan fingerprint density at radius 1 is 0.351 bits per heavy atom. The Morgan fingerprint density at radius 3 is 1.65 bits per heavy atom. The highest BCUT2D eigenvalue weighted by Gasteiger charge is 2.24. The fourth-order valence-electron chi connectivity index (χ4n) is 8.45. The Kier molecular flexibility index (Phi) is 8.04. The van der Waals surface area contributed by atoms with Gasteiger partial charge in [-0.25, -0.2) is 0 Å². The lowest BCUT2D eigenvalue weighted by Crippen LogP contribution is -2.11. The van der Waals surface area contributed by atoms with Gasteiger partial charge in [-0.3, -0.25) is 0 Å². The molecule has 11 rings (SSSR count). The molecule has 0 unspecified atom stereocenters. The molecule has 0 radical (unpaired) electrons. The van der Waals surface area contributed by atoms with E-state index in [4.69, 9.17) is 4.42 Å². The van der Waals surface area contributed by atoms with E-state index in [9.17, 15) is 0 Å². The summed E-state index contributed by atoms with van der Waals surface area (Å²) in [5, 5.41) is 4.67. The van der Waals surface area contributed by atoms with Gasteiger partial charge in [0.25, 0.3) is 0 Å². The monoisotopic (exact) mass is 745 g/mol. The van der Waals surface area contributed by atoms with Crippen molar-refractivity contribution in [3.05, 3.63) is 212 Å². The molecule has 0 amide bonds. The third kappa shape index (κ3) is 5.71. The van der Waals surface area contributed by atoms with E-state index in [0.717, 1.165) is 50.1 Å². The minimum Gasteiger partial charge on any atom is -0.455 e. The molecule has 2 aromatic heterocycles. The molecule has 2 nitrogen and oxygen atoms in total. The van der Waals surface area contributed by atoms with Crippen molar-refractivity contribution < 1.29 is 4.42 Å². The van der Waals surface area contributed by atoms with Gasteiger partial charge in [-0.1, -0.05) is 164 Å². The summed E-state index contributed by atoms with van der Waals surface area (Å²) in [6, 6.07) is 76.2. The van der Waals surface area contributed by atoms with E-state index in [-0.39, 0.29) is 0 Å². The van der Waals surface area contributed by atoms with E-state index < -0.39 is 0 Å². The predicted molar refractivity (Wildman–Crippen MR) is 243 cm³/mol. The van der Waals surface area contributed by atoms with E-state index in [0.29, 0.717) is 0 Å². The Balaban J connectivity index is 1.16. The lowest BCUT2D eigenvalue weighted by Gasteiger charge is -2.28. The van der Waals surface area contributed by atoms with Crippen LogP contribution in [0.3, 0.4) is 0 Å². The normalized spacial score (nSPS) is 11.5. The van der Waals surface area contributed by atoms with Crippen molar-refractivity contribution in [3.8, 4) is 44.5 Å². The van der Waals surface area contributed by atoms with Crippen LogP contribution in [-0.2, 0) is 0 Å². The Morgan fingerprint density at radius 2 is 0.930 bits per heavy atom. The number of nitrogens with zero attached hydrogens (tertiary/aromatic N) is 1. The van der Waals surface area contributed by atoms with Crippen molar-refractivity contribution in [2.45, 2.75) is 0 Å². The molecule has 0 bridgehead atoms. The number of para-hydroxylation sites is 1. The number of rotatable bonds is 7. The summed E-state index contributed by atoms with van der Waals surface area (Å²) < 4.78 is 9.32. The second-order valence-electron chi connectivity index (χ2n) is 14.4. The molecular weight excluding hydrogens is 711 g/mol. The van der Waals surface area contributed by atoms with Crippen LogP contribution in [0.1, 0.15) is 0 Å². The van der Waals surface area contributed by atoms with E-state index in [1.807, 2.05) is 11.3 Å². The van der Waals surface area contributed by atoms with Crippen LogP contribution in [0.2, 0.25) is 0 Å². The Bertz CT molecular complexity index is 3220. The average molecular weight is 746 g/mol. The fraction of sp³-hybridized carbons (Fsp3) is 0. The van der Waals surface area contributed by atoms with Crippen molar-refractivity contribution in [3.63, 3.8) is 0 Å². The zero-order valence-electron chi connectivity index (χ0n) is 31.0. The molecule has 11 aromatic rings. The first-order valence-electron chi connectivity index (χ1n) is 19.3. The van der Waals surface area contributed by atoms with E-state index in [2.05, 4.69) is 217 Å². The van der Waals surface area contributed by atoms with Gasteiger partial charge < -0.3 is 9.32 Å². The molecule has 0 atom stereocenters. The van der Waals surface area contributed by atoms with Crippen LogP contribution in [-0.4, -0.2) is 0 Å². The third-order valence-corrected chi connectivity index (χ3v) is 12.2. The van der Waals surface area contributed by atoms with Crippen LogP contribution in [0.15, 0.2) is 217 Å². The van der Waals surface area contributed by atoms with Gasteiger partial charge in [-0.05, 0) is 87.5 Å². The molecule has 9 aromatic carbocycles. The van der Waals surface area contributed by atoms with Gasteiger partial charge in [0.15, 0.2) is 0 Å². The number of anilines is 3. The fourth-order valence-corrected chi connectivity index (χ4v) is 9.61. The first-order valence-corrected chi connectivity index (χ1v) is 20.2. The second-order valence-corrected chi connectivity index (χ2v) is 15.5. The number of benzene rings is 9. The van der Waals surface area contributed by atoms with Gasteiger partial charge in [-0.15, -0.1) is 11.3 Å². The van der Waals surface area contributed by atoms with Gasteiger partial charge in [0.2, 0.25) is 0 Å². The van der Waals surface area contributed by atoms with Crippen LogP contribution in [0.25, 0.3) is 86.6 Å². The maximum absolute atomic E-state index is 6.81. The van der Waals surface area contributed by atoms with Crippen molar-refractivity contribution in [2.75, 3.05) is 4.90 Å². The molecule has 0 aliphatic heterocycles. The van der Waals surface area contributed by atoms with Crippen LogP contribution in [0.5, 0.6) is 0 Å². The maximum atomic E-state index is 6.81. The lowest BCUT2D eigenvalue weighted by molar-refractivity contribution is 0.670. The molecular formula is C54H35NOS. The van der Waals surface area contributed by atoms with Crippen LogP contribution in [0.4, 0.5) is 17.1 Å². The van der Waals surface area contributed by atoms with Crippen LogP contribution in [0, 0.1) is 0 Å². The van der Waals surface area contributed by atoms with Crippen LogP contribution >= 0.6 is 11.3 Å². The summed E-state index contributed by atoms with van der Waals surface area (Å²) in [5.74, 6) is 0. The molecule has 0 aliphatic carbocycles. The van der Waals surface area contributed by atoms with E-state index in [1.54, 1.807) is 0 Å². The molecule has 0 N–H and O–H groups in total. The number of furan rings is 1. The first kappa shape index (κ1) is 33.2. The topological polar surface area (TPSA) is 16.4 Å². The number of hydrogen-bond acceptors (Lipinski definition) is 3. The van der Waals surface area contributed by atoms with Gasteiger partial charge in [0, 0.05) is 36.8 Å². The smallest absolute Gasteiger partial charge is 0.145 e. The van der Waals surface area contributed by atoms with Crippen molar-refractivity contribution >= 4 is 70.5 Å². The minimum absolute atomic E-state index is 0.873. The minimum atomic E-state index is 0.873. The molecule has 0 saturated heterocycles. The lowest BCUT2D eigenvalue weighted by atomic mass is 9.94. The summed E-state index contributed by atoms with van der Waals surface area (Å²) in [4.78, 5) is 2.45. The summed E-state index contributed by atoms with van der Waals surface area (Å²) >= 11 is 1.85. The van der Waals surface area contributed by atoms with Crippen molar-refractivity contribution in [1.82, 2.24) is 0 Å². The van der Waals surface area contributed by atoms with Crippen molar-refractivity contribution in [2.24, 2.45) is 0 Å².